The van der Waals surface area contributed by atoms with Gasteiger partial charge in [0, 0.05) is 14.2 Å². The minimum atomic E-state index is -0.103. The summed E-state index contributed by atoms with van der Waals surface area (Å²) in [5.41, 5.74) is 7.62. The lowest BCUT2D eigenvalue weighted by atomic mass is 10.0. The van der Waals surface area contributed by atoms with Crippen molar-refractivity contribution in [2.24, 2.45) is 0 Å². The van der Waals surface area contributed by atoms with E-state index in [2.05, 4.69) is 166 Å². The van der Waals surface area contributed by atoms with Crippen molar-refractivity contribution in [2.75, 3.05) is 14.2 Å². The van der Waals surface area contributed by atoms with Crippen molar-refractivity contribution in [1.29, 1.82) is 0 Å². The van der Waals surface area contributed by atoms with Crippen LogP contribution in [-0.4, -0.2) is 25.4 Å². The molecule has 0 N–H and O–H groups in total. The Labute approximate surface area is 272 Å². The highest BCUT2D eigenvalue weighted by Gasteiger charge is 2.13. The summed E-state index contributed by atoms with van der Waals surface area (Å²) >= 11 is 0. The highest BCUT2D eigenvalue weighted by Crippen LogP contribution is 2.16. The Hall–Kier alpha value is -2.94. The van der Waals surface area contributed by atoms with Gasteiger partial charge in [-0.25, -0.2) is 0 Å². The second-order valence-electron chi connectivity index (χ2n) is 13.1. The van der Waals surface area contributed by atoms with Gasteiger partial charge in [0.15, 0.2) is 0 Å². The smallest absolute Gasteiger partial charge is 0.0657 e. The molecule has 0 saturated heterocycles. The average molecular weight is 601 g/mol. The average Bonchev–Trinajstić information content (AvgIpc) is 2.95. The maximum absolute atomic E-state index is 5.47. The van der Waals surface area contributed by atoms with Crippen molar-refractivity contribution >= 4 is 0 Å². The molecule has 2 heteroatoms. The molecule has 0 aliphatic rings. The van der Waals surface area contributed by atoms with Gasteiger partial charge in [-0.3, -0.25) is 0 Å². The second kappa shape index (κ2) is 23.4. The van der Waals surface area contributed by atoms with Crippen LogP contribution < -0.4 is 0 Å². The van der Waals surface area contributed by atoms with Gasteiger partial charge in [-0.15, -0.1) is 0 Å². The fourth-order valence-electron chi connectivity index (χ4n) is 3.84. The van der Waals surface area contributed by atoms with Crippen molar-refractivity contribution in [3.63, 3.8) is 0 Å². The van der Waals surface area contributed by atoms with Crippen LogP contribution >= 0.6 is 0 Å². The summed E-state index contributed by atoms with van der Waals surface area (Å²) in [7, 11) is 3.53. The topological polar surface area (TPSA) is 18.5 Å². The summed E-state index contributed by atoms with van der Waals surface area (Å²) in [5, 5.41) is 0. The van der Waals surface area contributed by atoms with E-state index >= 15 is 0 Å². The van der Waals surface area contributed by atoms with Crippen LogP contribution in [0.4, 0.5) is 0 Å². The van der Waals surface area contributed by atoms with Gasteiger partial charge in [-0.2, -0.15) is 0 Å². The minimum Gasteiger partial charge on any atom is -0.378 e. The first kappa shape index (κ1) is 41.1. The standard InChI is InChI=1S/C42H64O2/c1-35(23-15-25-37(3)27-17-29-39(5)31-19-33-41(7,8)43-11)21-13-14-22-36(2)24-16-26-38(4)28-18-30-40(6)32-20-34-42(9,10)44-12/h13-16,19-26,29-32H,17-18,27-28,33-34H2,1-12H3/b14-13+,23-15+,24-16+,31-19-,32-20+,35-21+,36-22+,37-25+,38-26+,39-29+,40-30+. The number of ether oxygens (including phenoxy) is 2. The molecule has 0 amide bonds. The van der Waals surface area contributed by atoms with E-state index in [9.17, 15) is 0 Å². The van der Waals surface area contributed by atoms with E-state index in [1.54, 1.807) is 14.2 Å². The first-order valence-corrected chi connectivity index (χ1v) is 16.2. The van der Waals surface area contributed by atoms with Crippen LogP contribution in [0.25, 0.3) is 0 Å². The highest BCUT2D eigenvalue weighted by atomic mass is 16.5. The third-order valence-electron chi connectivity index (χ3n) is 7.40. The van der Waals surface area contributed by atoms with E-state index in [0.29, 0.717) is 0 Å². The quantitative estimate of drug-likeness (QED) is 0.129. The molecule has 44 heavy (non-hydrogen) atoms. The van der Waals surface area contributed by atoms with Crippen LogP contribution in [0.3, 0.4) is 0 Å². The van der Waals surface area contributed by atoms with Gasteiger partial charge in [-0.05, 0) is 108 Å². The summed E-state index contributed by atoms with van der Waals surface area (Å²) in [6.07, 6.45) is 41.0. The fraction of sp³-hybridized carbons (Fsp3) is 0.476. The van der Waals surface area contributed by atoms with Gasteiger partial charge in [0.25, 0.3) is 0 Å². The monoisotopic (exact) mass is 600 g/mol. The van der Waals surface area contributed by atoms with Gasteiger partial charge >= 0.3 is 0 Å². The van der Waals surface area contributed by atoms with E-state index in [1.807, 2.05) is 0 Å². The van der Waals surface area contributed by atoms with Gasteiger partial charge < -0.3 is 9.47 Å². The molecule has 0 spiro atoms. The van der Waals surface area contributed by atoms with Crippen molar-refractivity contribution in [3.8, 4) is 0 Å². The van der Waals surface area contributed by atoms with Crippen LogP contribution in [0.2, 0.25) is 0 Å². The predicted octanol–water partition coefficient (Wildman–Crippen LogP) is 12.6. The van der Waals surface area contributed by atoms with Crippen molar-refractivity contribution < 1.29 is 9.47 Å². The number of hydrogen-bond acceptors (Lipinski definition) is 2. The number of methoxy groups -OCH3 is 2. The third-order valence-corrected chi connectivity index (χ3v) is 7.40. The van der Waals surface area contributed by atoms with Crippen LogP contribution in [0, 0.1) is 0 Å². The molecule has 0 radical (unpaired) electrons. The fourth-order valence-corrected chi connectivity index (χ4v) is 3.84. The Morgan fingerprint density at radius 3 is 1.18 bits per heavy atom. The molecule has 0 aromatic carbocycles. The SMILES string of the molecule is COC(C)(C)C/C=C\C(C)=C\CC/C(C)=C/C=C/C(C)=C/C=C/C=C(C)/C=C/C=C(\C)CC/C=C(C)/C=C/CC(C)(C)OC. The molecule has 0 aliphatic heterocycles. The van der Waals surface area contributed by atoms with Gasteiger partial charge in [0.05, 0.1) is 11.2 Å². The minimum absolute atomic E-state index is 0.103. The Bertz CT molecular complexity index is 1070. The number of hydrogen-bond donors (Lipinski definition) is 0. The maximum atomic E-state index is 5.47. The molecule has 2 nitrogen and oxygen atoms in total. The summed E-state index contributed by atoms with van der Waals surface area (Å²) in [5.74, 6) is 0. The lowest BCUT2D eigenvalue weighted by Crippen LogP contribution is -2.20. The van der Waals surface area contributed by atoms with Crippen molar-refractivity contribution in [1.82, 2.24) is 0 Å². The van der Waals surface area contributed by atoms with Crippen molar-refractivity contribution in [3.05, 3.63) is 131 Å². The van der Waals surface area contributed by atoms with Crippen LogP contribution in [0.15, 0.2) is 131 Å². The number of allylic oxidation sites excluding steroid dienone is 20. The molecule has 0 aromatic rings. The molecule has 0 saturated carbocycles. The molecular weight excluding hydrogens is 536 g/mol. The molecule has 0 atom stereocenters. The summed E-state index contributed by atoms with van der Waals surface area (Å²) < 4.78 is 10.9. The Morgan fingerprint density at radius 1 is 0.477 bits per heavy atom. The second-order valence-corrected chi connectivity index (χ2v) is 13.1. The molecule has 0 aliphatic carbocycles. The van der Waals surface area contributed by atoms with E-state index in [1.165, 1.54) is 33.4 Å². The van der Waals surface area contributed by atoms with Gasteiger partial charge in [-0.1, -0.05) is 131 Å². The lowest BCUT2D eigenvalue weighted by Gasteiger charge is -2.20. The third kappa shape index (κ3) is 24.5. The highest BCUT2D eigenvalue weighted by molar-refractivity contribution is 5.30. The molecular formula is C42H64O2. The molecule has 0 fully saturated rings. The molecule has 244 valence electrons. The first-order chi connectivity index (χ1) is 20.7. The lowest BCUT2D eigenvalue weighted by molar-refractivity contribution is 0.0252. The predicted molar refractivity (Wildman–Crippen MR) is 198 cm³/mol. The Morgan fingerprint density at radius 2 is 0.841 bits per heavy atom. The molecule has 0 aromatic heterocycles. The molecule has 0 rings (SSSR count). The van der Waals surface area contributed by atoms with E-state index in [4.69, 9.17) is 9.47 Å². The largest absolute Gasteiger partial charge is 0.378 e. The zero-order valence-electron chi connectivity index (χ0n) is 30.3. The van der Waals surface area contributed by atoms with Gasteiger partial charge in [0.2, 0.25) is 0 Å². The molecule has 0 unspecified atom stereocenters. The normalized spacial score (nSPS) is 15.9. The van der Waals surface area contributed by atoms with Crippen molar-refractivity contribution in [2.45, 2.75) is 119 Å². The summed E-state index contributed by atoms with van der Waals surface area (Å²) in [6.45, 7) is 21.4. The van der Waals surface area contributed by atoms with Crippen LogP contribution in [-0.2, 0) is 9.47 Å². The molecule has 0 heterocycles. The zero-order valence-corrected chi connectivity index (χ0v) is 30.3. The Balaban J connectivity index is 4.60. The van der Waals surface area contributed by atoms with Crippen LogP contribution in [0.1, 0.15) is 108 Å². The summed E-state index contributed by atoms with van der Waals surface area (Å²) in [4.78, 5) is 0. The van der Waals surface area contributed by atoms with Crippen LogP contribution in [0.5, 0.6) is 0 Å². The van der Waals surface area contributed by atoms with E-state index in [-0.39, 0.29) is 11.2 Å². The van der Waals surface area contributed by atoms with E-state index in [0.717, 1.165) is 38.5 Å². The Kier molecular flexibility index (Phi) is 21.9. The summed E-state index contributed by atoms with van der Waals surface area (Å²) in [6, 6.07) is 0. The van der Waals surface area contributed by atoms with E-state index < -0.39 is 0 Å². The maximum Gasteiger partial charge on any atom is 0.0657 e. The van der Waals surface area contributed by atoms with Gasteiger partial charge in [0.1, 0.15) is 0 Å². The zero-order chi connectivity index (χ0) is 33.4. The number of rotatable bonds is 20. The molecule has 0 bridgehead atoms. The first-order valence-electron chi connectivity index (χ1n) is 16.2.